The van der Waals surface area contributed by atoms with Gasteiger partial charge in [0.05, 0.1) is 10.7 Å². The third kappa shape index (κ3) is 4.49. The molecular formula is C25H33ClN2O2. The molecule has 1 aliphatic carbocycles. The number of pyridine rings is 1. The van der Waals surface area contributed by atoms with E-state index in [1.54, 1.807) is 0 Å². The molecule has 2 atom stereocenters. The molecule has 1 amide bonds. The van der Waals surface area contributed by atoms with Gasteiger partial charge in [0.15, 0.2) is 0 Å². The Hall–Kier alpha value is -2.07. The zero-order chi connectivity index (χ0) is 20.8. The molecule has 1 saturated heterocycles. The number of aryl methyl sites for hydroxylation is 1. The number of nitrogens with zero attached hydrogens (tertiary/aromatic N) is 2. The number of carbonyl (C=O) groups excluding carboxylic acids is 1. The van der Waals surface area contributed by atoms with Crippen LogP contribution in [-0.2, 0) is 6.61 Å². The van der Waals surface area contributed by atoms with E-state index in [4.69, 9.17) is 16.3 Å². The Balaban J connectivity index is 0.00000256. The Morgan fingerprint density at radius 2 is 1.93 bits per heavy atom. The molecule has 1 aromatic carbocycles. The largest absolute Gasteiger partial charge is 0.485 e. The van der Waals surface area contributed by atoms with Gasteiger partial charge in [-0.1, -0.05) is 58.0 Å². The molecule has 30 heavy (non-hydrogen) atoms. The van der Waals surface area contributed by atoms with E-state index in [9.17, 15) is 4.79 Å². The standard InChI is InChI=1S/C24H29ClN2O2.CH4/c1-16-7-5-9-19(25)21(16)29-13-17-8-6-10-20(26-17)22(28)27-15-24(4)12-18(27)11-23(2,3)14-24;/h5-10,18H,11-15H2,1-4H3;1H4/t18-,24-;/m1./s1. The first-order valence-corrected chi connectivity index (χ1v) is 10.7. The van der Waals surface area contributed by atoms with Gasteiger partial charge in [-0.2, -0.15) is 0 Å². The molecule has 1 aliphatic heterocycles. The first-order valence-electron chi connectivity index (χ1n) is 10.3. The van der Waals surface area contributed by atoms with E-state index in [1.165, 1.54) is 6.42 Å². The van der Waals surface area contributed by atoms with Crippen LogP contribution in [0.15, 0.2) is 36.4 Å². The molecule has 4 rings (SSSR count). The molecule has 2 bridgehead atoms. The van der Waals surface area contributed by atoms with Crippen LogP contribution < -0.4 is 4.74 Å². The first kappa shape index (κ1) is 22.6. The normalized spacial score (nSPS) is 24.3. The minimum Gasteiger partial charge on any atom is -0.485 e. The highest BCUT2D eigenvalue weighted by Gasteiger charge is 2.51. The van der Waals surface area contributed by atoms with Crippen molar-refractivity contribution in [2.75, 3.05) is 6.54 Å². The summed E-state index contributed by atoms with van der Waals surface area (Å²) in [7, 11) is 0. The van der Waals surface area contributed by atoms with Crippen molar-refractivity contribution >= 4 is 17.5 Å². The number of benzene rings is 1. The maximum absolute atomic E-state index is 13.3. The fourth-order valence-electron chi connectivity index (χ4n) is 5.47. The second kappa shape index (κ2) is 8.22. The second-order valence-corrected chi connectivity index (χ2v) is 10.2. The minimum atomic E-state index is 0. The van der Waals surface area contributed by atoms with Crippen LogP contribution in [0.5, 0.6) is 5.75 Å². The molecule has 0 unspecified atom stereocenters. The van der Waals surface area contributed by atoms with Crippen molar-refractivity contribution in [2.24, 2.45) is 10.8 Å². The number of rotatable bonds is 4. The van der Waals surface area contributed by atoms with E-state index in [2.05, 4.69) is 30.7 Å². The van der Waals surface area contributed by atoms with Gasteiger partial charge in [0, 0.05) is 12.6 Å². The van der Waals surface area contributed by atoms with Crippen molar-refractivity contribution in [1.82, 2.24) is 9.88 Å². The van der Waals surface area contributed by atoms with Gasteiger partial charge in [-0.3, -0.25) is 4.79 Å². The third-order valence-corrected chi connectivity index (χ3v) is 6.53. The summed E-state index contributed by atoms with van der Waals surface area (Å²) in [5.74, 6) is 0.698. The predicted octanol–water partition coefficient (Wildman–Crippen LogP) is 6.30. The lowest BCUT2D eigenvalue weighted by Gasteiger charge is -2.39. The number of carbonyl (C=O) groups is 1. The van der Waals surface area contributed by atoms with Gasteiger partial charge in [-0.25, -0.2) is 4.98 Å². The number of hydrogen-bond acceptors (Lipinski definition) is 3. The molecule has 2 aromatic rings. The first-order chi connectivity index (χ1) is 13.7. The lowest BCUT2D eigenvalue weighted by atomic mass is 9.65. The van der Waals surface area contributed by atoms with Crippen LogP contribution in [0.4, 0.5) is 0 Å². The summed E-state index contributed by atoms with van der Waals surface area (Å²) in [6.07, 6.45) is 3.32. The molecule has 4 nitrogen and oxygen atoms in total. The van der Waals surface area contributed by atoms with Gasteiger partial charge in [-0.15, -0.1) is 0 Å². The highest BCUT2D eigenvalue weighted by molar-refractivity contribution is 6.32. The summed E-state index contributed by atoms with van der Waals surface area (Å²) in [5, 5.41) is 0.581. The van der Waals surface area contributed by atoms with E-state index in [0.717, 1.165) is 30.6 Å². The summed E-state index contributed by atoms with van der Waals surface area (Å²) < 4.78 is 5.91. The molecule has 0 spiro atoms. The maximum atomic E-state index is 13.3. The van der Waals surface area contributed by atoms with Crippen LogP contribution in [0.2, 0.25) is 5.02 Å². The van der Waals surface area contributed by atoms with E-state index < -0.39 is 0 Å². The van der Waals surface area contributed by atoms with Crippen LogP contribution in [0.25, 0.3) is 0 Å². The Labute approximate surface area is 185 Å². The minimum absolute atomic E-state index is 0. The zero-order valence-corrected chi connectivity index (χ0v) is 18.4. The lowest BCUT2D eigenvalue weighted by Crippen LogP contribution is -2.38. The van der Waals surface area contributed by atoms with Gasteiger partial charge < -0.3 is 9.64 Å². The van der Waals surface area contributed by atoms with Crippen LogP contribution in [-0.4, -0.2) is 28.4 Å². The lowest BCUT2D eigenvalue weighted by molar-refractivity contribution is 0.0702. The molecule has 0 N–H and O–H groups in total. The molecule has 162 valence electrons. The van der Waals surface area contributed by atoms with Gasteiger partial charge >= 0.3 is 0 Å². The predicted molar refractivity (Wildman–Crippen MR) is 122 cm³/mol. The second-order valence-electron chi connectivity index (χ2n) is 9.84. The molecule has 0 radical (unpaired) electrons. The molecule has 2 fully saturated rings. The fraction of sp³-hybridized carbons (Fsp3) is 0.520. The molecule has 1 aromatic heterocycles. The van der Waals surface area contributed by atoms with Crippen LogP contribution >= 0.6 is 11.6 Å². The van der Waals surface area contributed by atoms with Gasteiger partial charge in [-0.05, 0) is 60.8 Å². The summed E-state index contributed by atoms with van der Waals surface area (Å²) in [6, 6.07) is 11.6. The van der Waals surface area contributed by atoms with Crippen molar-refractivity contribution in [3.8, 4) is 5.75 Å². The highest BCUT2D eigenvalue weighted by Crippen LogP contribution is 2.52. The Morgan fingerprint density at radius 1 is 1.20 bits per heavy atom. The number of hydrogen-bond donors (Lipinski definition) is 0. The van der Waals surface area contributed by atoms with E-state index >= 15 is 0 Å². The van der Waals surface area contributed by atoms with Crippen LogP contribution in [0, 0.1) is 17.8 Å². The number of amides is 1. The molecular weight excluding hydrogens is 396 g/mol. The molecule has 2 heterocycles. The molecule has 2 aliphatic rings. The number of halogens is 1. The van der Waals surface area contributed by atoms with Crippen molar-refractivity contribution < 1.29 is 9.53 Å². The smallest absolute Gasteiger partial charge is 0.272 e. The number of ether oxygens (including phenoxy) is 1. The number of fused-ring (bicyclic) bond motifs is 2. The summed E-state index contributed by atoms with van der Waals surface area (Å²) in [6.45, 7) is 10.0. The zero-order valence-electron chi connectivity index (χ0n) is 17.7. The third-order valence-electron chi connectivity index (χ3n) is 6.23. The number of likely N-dealkylation sites (tertiary alicyclic amines) is 1. The summed E-state index contributed by atoms with van der Waals surface area (Å²) in [5.41, 5.74) is 2.69. The monoisotopic (exact) mass is 428 g/mol. The fourth-order valence-corrected chi connectivity index (χ4v) is 5.75. The van der Waals surface area contributed by atoms with E-state index in [-0.39, 0.29) is 30.8 Å². The topological polar surface area (TPSA) is 42.4 Å². The molecule has 1 saturated carbocycles. The van der Waals surface area contributed by atoms with E-state index in [0.29, 0.717) is 22.5 Å². The van der Waals surface area contributed by atoms with Crippen LogP contribution in [0.1, 0.15) is 69.2 Å². The average Bonchev–Trinajstić information content (AvgIpc) is 2.89. The Bertz CT molecular complexity index is 922. The van der Waals surface area contributed by atoms with Crippen molar-refractivity contribution in [1.29, 1.82) is 0 Å². The number of para-hydroxylation sites is 1. The van der Waals surface area contributed by atoms with E-state index in [1.807, 2.05) is 43.3 Å². The summed E-state index contributed by atoms with van der Waals surface area (Å²) >= 11 is 6.25. The van der Waals surface area contributed by atoms with Gasteiger partial charge in [0.1, 0.15) is 18.1 Å². The SMILES string of the molecule is C.Cc1cccc(Cl)c1OCc1cccc(C(=O)N2C[C@]3(C)C[C@H]2CC(C)(C)C3)n1. The van der Waals surface area contributed by atoms with Crippen molar-refractivity contribution in [3.63, 3.8) is 0 Å². The van der Waals surface area contributed by atoms with Crippen LogP contribution in [0.3, 0.4) is 0 Å². The Kier molecular flexibility index (Phi) is 6.20. The highest BCUT2D eigenvalue weighted by atomic mass is 35.5. The summed E-state index contributed by atoms with van der Waals surface area (Å²) in [4.78, 5) is 19.9. The quantitative estimate of drug-likeness (QED) is 0.573. The van der Waals surface area contributed by atoms with Gasteiger partial charge in [0.2, 0.25) is 0 Å². The number of aromatic nitrogens is 1. The molecule has 5 heteroatoms. The average molecular weight is 429 g/mol. The van der Waals surface area contributed by atoms with Crippen molar-refractivity contribution in [2.45, 2.75) is 67.0 Å². The Morgan fingerprint density at radius 3 is 2.67 bits per heavy atom. The van der Waals surface area contributed by atoms with Crippen molar-refractivity contribution in [3.05, 3.63) is 58.4 Å². The van der Waals surface area contributed by atoms with Gasteiger partial charge in [0.25, 0.3) is 5.91 Å². The maximum Gasteiger partial charge on any atom is 0.272 e.